The first-order valence-corrected chi connectivity index (χ1v) is 12.2. The molecule has 0 saturated heterocycles. The zero-order valence-corrected chi connectivity index (χ0v) is 20.0. The summed E-state index contributed by atoms with van der Waals surface area (Å²) in [7, 11) is -4.23. The standard InChI is InChI=1S/C23H26FN3O6S/c1-12-5-7-17(24)19(13(12)2)14(3)20(21-25-26-22(28)33-21)27-34(30,31)15-6-8-18-16(11-15)23(4,29)9-10-32-18/h5-8,11,14,20,27,29H,9-10H2,1-4H3,(H,26,28)/t14-,20+,23?/m1/s1. The number of ether oxygens (including phenoxy) is 1. The molecule has 0 saturated carbocycles. The summed E-state index contributed by atoms with van der Waals surface area (Å²) < 4.78 is 54.8. The van der Waals surface area contributed by atoms with Crippen molar-refractivity contribution < 1.29 is 27.1 Å². The summed E-state index contributed by atoms with van der Waals surface area (Å²) in [6, 6.07) is 5.92. The van der Waals surface area contributed by atoms with Crippen molar-refractivity contribution in [1.82, 2.24) is 14.9 Å². The maximum Gasteiger partial charge on any atom is 0.434 e. The van der Waals surface area contributed by atoms with E-state index < -0.39 is 39.2 Å². The quantitative estimate of drug-likeness (QED) is 0.483. The number of halogens is 1. The Morgan fingerprint density at radius 3 is 2.68 bits per heavy atom. The average Bonchev–Trinajstić information content (AvgIpc) is 3.20. The molecule has 1 aliphatic heterocycles. The van der Waals surface area contributed by atoms with Gasteiger partial charge in [0.2, 0.25) is 15.9 Å². The highest BCUT2D eigenvalue weighted by Crippen LogP contribution is 2.39. The molecule has 0 aliphatic carbocycles. The van der Waals surface area contributed by atoms with Crippen molar-refractivity contribution >= 4 is 10.0 Å². The molecule has 1 unspecified atom stereocenters. The number of nitrogens with zero attached hydrogens (tertiary/aromatic N) is 1. The molecular weight excluding hydrogens is 465 g/mol. The van der Waals surface area contributed by atoms with E-state index in [4.69, 9.17) is 9.15 Å². The van der Waals surface area contributed by atoms with Crippen LogP contribution >= 0.6 is 0 Å². The first kappa shape index (κ1) is 24.1. The molecule has 0 amide bonds. The summed E-state index contributed by atoms with van der Waals surface area (Å²) in [5.74, 6) is -2.00. The SMILES string of the molecule is Cc1ccc(F)c([C@@H](C)[C@H](NS(=O)(=O)c2ccc3c(c2)C(C)(O)CCO3)c2n[nH]c(=O)o2)c1C. The lowest BCUT2D eigenvalue weighted by molar-refractivity contribution is 0.0144. The third-order valence-corrected chi connectivity index (χ3v) is 7.82. The summed E-state index contributed by atoms with van der Waals surface area (Å²) in [6.45, 7) is 7.08. The van der Waals surface area contributed by atoms with Crippen molar-refractivity contribution in [2.75, 3.05) is 6.61 Å². The molecule has 3 aromatic rings. The second-order valence-electron chi connectivity index (χ2n) is 8.77. The van der Waals surface area contributed by atoms with Gasteiger partial charge < -0.3 is 14.3 Å². The van der Waals surface area contributed by atoms with Crippen LogP contribution in [0.15, 0.2) is 44.4 Å². The third-order valence-electron chi connectivity index (χ3n) is 6.38. The summed E-state index contributed by atoms with van der Waals surface area (Å²) in [4.78, 5) is 11.5. The van der Waals surface area contributed by atoms with Crippen LogP contribution in [0.3, 0.4) is 0 Å². The van der Waals surface area contributed by atoms with E-state index in [0.717, 1.165) is 5.56 Å². The van der Waals surface area contributed by atoms with E-state index in [-0.39, 0.29) is 16.3 Å². The van der Waals surface area contributed by atoms with Crippen LogP contribution in [0.1, 0.15) is 60.4 Å². The van der Waals surface area contributed by atoms with Gasteiger partial charge in [-0.2, -0.15) is 4.72 Å². The molecule has 9 nitrogen and oxygen atoms in total. The summed E-state index contributed by atoms with van der Waals surface area (Å²) in [6.07, 6.45) is 0.306. The average molecular weight is 492 g/mol. The van der Waals surface area contributed by atoms with E-state index in [1.165, 1.54) is 24.3 Å². The number of hydrogen-bond donors (Lipinski definition) is 3. The van der Waals surface area contributed by atoms with Gasteiger partial charge in [-0.05, 0) is 61.7 Å². The van der Waals surface area contributed by atoms with Gasteiger partial charge in [0.15, 0.2) is 0 Å². The Balaban J connectivity index is 1.78. The lowest BCUT2D eigenvalue weighted by atomic mass is 9.88. The van der Waals surface area contributed by atoms with Crippen molar-refractivity contribution in [3.8, 4) is 5.75 Å². The molecular formula is C23H26FN3O6S. The van der Waals surface area contributed by atoms with Crippen LogP contribution in [0, 0.1) is 19.7 Å². The molecule has 0 radical (unpaired) electrons. The molecule has 4 rings (SSSR count). The van der Waals surface area contributed by atoms with Crippen LogP contribution in [0.4, 0.5) is 4.39 Å². The summed E-state index contributed by atoms with van der Waals surface area (Å²) in [5, 5.41) is 16.6. The minimum atomic E-state index is -4.23. The van der Waals surface area contributed by atoms with E-state index in [9.17, 15) is 22.7 Å². The number of sulfonamides is 1. The van der Waals surface area contributed by atoms with E-state index in [1.54, 1.807) is 26.8 Å². The topological polar surface area (TPSA) is 135 Å². The van der Waals surface area contributed by atoms with Gasteiger partial charge >= 0.3 is 5.76 Å². The molecule has 0 spiro atoms. The Morgan fingerprint density at radius 1 is 1.26 bits per heavy atom. The molecule has 3 N–H and O–H groups in total. The predicted octanol–water partition coefficient (Wildman–Crippen LogP) is 2.93. The fourth-order valence-electron chi connectivity index (χ4n) is 4.22. The third kappa shape index (κ3) is 4.38. The van der Waals surface area contributed by atoms with Gasteiger partial charge in [0, 0.05) is 17.9 Å². The molecule has 1 aromatic heterocycles. The number of benzene rings is 2. The van der Waals surface area contributed by atoms with E-state index in [1.807, 2.05) is 6.92 Å². The van der Waals surface area contributed by atoms with Crippen LogP contribution in [-0.4, -0.2) is 30.3 Å². The first-order valence-electron chi connectivity index (χ1n) is 10.7. The molecule has 2 aromatic carbocycles. The molecule has 0 bridgehead atoms. The van der Waals surface area contributed by atoms with Crippen LogP contribution in [0.5, 0.6) is 5.75 Å². The van der Waals surface area contributed by atoms with Gasteiger partial charge in [-0.15, -0.1) is 5.10 Å². The smallest absolute Gasteiger partial charge is 0.434 e. The highest BCUT2D eigenvalue weighted by Gasteiger charge is 2.36. The van der Waals surface area contributed by atoms with Crippen LogP contribution in [0.2, 0.25) is 0 Å². The fraction of sp³-hybridized carbons (Fsp3) is 0.391. The Labute approximate surface area is 196 Å². The van der Waals surface area contributed by atoms with Gasteiger partial charge in [-0.1, -0.05) is 13.0 Å². The number of aromatic amines is 1. The maximum absolute atomic E-state index is 14.9. The highest BCUT2D eigenvalue weighted by molar-refractivity contribution is 7.89. The molecule has 3 atom stereocenters. The zero-order valence-electron chi connectivity index (χ0n) is 19.2. The zero-order chi connectivity index (χ0) is 24.8. The second-order valence-corrected chi connectivity index (χ2v) is 10.5. The highest BCUT2D eigenvalue weighted by atomic mass is 32.2. The van der Waals surface area contributed by atoms with Crippen molar-refractivity contribution in [3.63, 3.8) is 0 Å². The van der Waals surface area contributed by atoms with E-state index in [0.29, 0.717) is 29.9 Å². The lowest BCUT2D eigenvalue weighted by Crippen LogP contribution is -2.34. The molecule has 2 heterocycles. The number of rotatable bonds is 6. The second kappa shape index (κ2) is 8.64. The van der Waals surface area contributed by atoms with Gasteiger partial charge in [-0.3, -0.25) is 0 Å². The normalized spacial score (nSPS) is 19.8. The monoisotopic (exact) mass is 491 g/mol. The van der Waals surface area contributed by atoms with E-state index in [2.05, 4.69) is 14.9 Å². The Hall–Kier alpha value is -3.02. The first-order chi connectivity index (χ1) is 15.9. The fourth-order valence-corrected chi connectivity index (χ4v) is 5.52. The maximum atomic E-state index is 14.9. The number of aromatic nitrogens is 2. The molecule has 34 heavy (non-hydrogen) atoms. The number of hydrogen-bond acceptors (Lipinski definition) is 7. The van der Waals surface area contributed by atoms with Gasteiger partial charge in [0.1, 0.15) is 17.6 Å². The molecule has 1 aliphatic rings. The minimum absolute atomic E-state index is 0.131. The minimum Gasteiger partial charge on any atom is -0.493 e. The molecule has 0 fully saturated rings. The van der Waals surface area contributed by atoms with E-state index >= 15 is 0 Å². The Bertz CT molecular complexity index is 1400. The van der Waals surface area contributed by atoms with Crippen molar-refractivity contribution in [1.29, 1.82) is 0 Å². The van der Waals surface area contributed by atoms with Crippen LogP contribution in [0.25, 0.3) is 0 Å². The lowest BCUT2D eigenvalue weighted by Gasteiger charge is -2.31. The van der Waals surface area contributed by atoms with Crippen molar-refractivity contribution in [2.45, 2.75) is 56.6 Å². The largest absolute Gasteiger partial charge is 0.493 e. The number of aliphatic hydroxyl groups is 1. The van der Waals surface area contributed by atoms with Crippen molar-refractivity contribution in [2.24, 2.45) is 0 Å². The summed E-state index contributed by atoms with van der Waals surface area (Å²) >= 11 is 0. The Kier molecular flexibility index (Phi) is 6.13. The van der Waals surface area contributed by atoms with Crippen molar-refractivity contribution in [3.05, 3.63) is 74.8 Å². The van der Waals surface area contributed by atoms with Gasteiger partial charge in [0.05, 0.1) is 17.1 Å². The Morgan fingerprint density at radius 2 is 2.00 bits per heavy atom. The number of aryl methyl sites for hydroxylation is 1. The molecule has 11 heteroatoms. The van der Waals surface area contributed by atoms with Gasteiger partial charge in [0.25, 0.3) is 0 Å². The van der Waals surface area contributed by atoms with Crippen LogP contribution < -0.4 is 15.2 Å². The summed E-state index contributed by atoms with van der Waals surface area (Å²) in [5.41, 5.74) is 0.836. The number of nitrogens with one attached hydrogen (secondary N) is 2. The number of H-pyrrole nitrogens is 1. The van der Waals surface area contributed by atoms with Gasteiger partial charge in [-0.25, -0.2) is 22.7 Å². The molecule has 182 valence electrons. The van der Waals surface area contributed by atoms with Crippen LogP contribution in [-0.2, 0) is 15.6 Å². The predicted molar refractivity (Wildman–Crippen MR) is 121 cm³/mol. The number of fused-ring (bicyclic) bond motifs is 1.